The normalized spacial score (nSPS) is 18.7. The Morgan fingerprint density at radius 1 is 1.43 bits per heavy atom. The van der Waals surface area contributed by atoms with E-state index in [-0.39, 0.29) is 6.10 Å². The molecule has 1 aliphatic rings. The smallest absolute Gasteiger partial charge is 0.216 e. The molecular weight excluding hydrogens is 298 g/mol. The lowest BCUT2D eigenvalue weighted by Crippen LogP contribution is -2.05. The molecule has 0 spiro atoms. The summed E-state index contributed by atoms with van der Waals surface area (Å²) < 4.78 is 33.3. The van der Waals surface area contributed by atoms with E-state index in [1.165, 1.54) is 17.0 Å². The van der Waals surface area contributed by atoms with Crippen molar-refractivity contribution >= 4 is 18.4 Å². The van der Waals surface area contributed by atoms with E-state index >= 15 is 0 Å². The van der Waals surface area contributed by atoms with Crippen LogP contribution in [0.3, 0.4) is 0 Å². The maximum absolute atomic E-state index is 13.1. The van der Waals surface area contributed by atoms with Crippen molar-refractivity contribution in [1.29, 1.82) is 0 Å². The molecule has 1 aromatic carbocycles. The van der Waals surface area contributed by atoms with Gasteiger partial charge in [0.05, 0.1) is 6.21 Å². The Kier molecular flexibility index (Phi) is 3.89. The number of H-pyrrole nitrogens is 1. The quantitative estimate of drug-likeness (QED) is 0.700. The van der Waals surface area contributed by atoms with E-state index < -0.39 is 11.6 Å². The van der Waals surface area contributed by atoms with Crippen LogP contribution in [0, 0.1) is 16.4 Å². The van der Waals surface area contributed by atoms with E-state index in [0.29, 0.717) is 22.8 Å². The Morgan fingerprint density at radius 3 is 3.00 bits per heavy atom. The number of halogens is 2. The highest BCUT2D eigenvalue weighted by atomic mass is 32.1. The highest BCUT2D eigenvalue weighted by Gasteiger charge is 2.23. The van der Waals surface area contributed by atoms with Crippen LogP contribution in [-0.2, 0) is 4.74 Å². The Hall–Kier alpha value is -1.93. The van der Waals surface area contributed by atoms with Crippen LogP contribution < -0.4 is 0 Å². The molecule has 1 fully saturated rings. The van der Waals surface area contributed by atoms with Crippen molar-refractivity contribution in [3.63, 3.8) is 0 Å². The molecule has 0 unspecified atom stereocenters. The lowest BCUT2D eigenvalue weighted by molar-refractivity contribution is 0.102. The van der Waals surface area contributed by atoms with Gasteiger partial charge in [0.2, 0.25) is 4.77 Å². The standard InChI is InChI=1S/C13H12F2N4OS/c14-9-4-3-8(6-10(9)15)7-16-19-12(17-18-13(19)21)11-2-1-5-20-11/h3-4,6-7,11H,1-2,5H2,(H,18,21)/b16-7-/t11-/m1/s1. The zero-order valence-electron chi connectivity index (χ0n) is 10.9. The van der Waals surface area contributed by atoms with E-state index in [1.54, 1.807) is 0 Å². The fourth-order valence-corrected chi connectivity index (χ4v) is 2.31. The summed E-state index contributed by atoms with van der Waals surface area (Å²) in [6, 6.07) is 3.54. The summed E-state index contributed by atoms with van der Waals surface area (Å²) in [4.78, 5) is 0. The summed E-state index contributed by atoms with van der Waals surface area (Å²) in [5.74, 6) is -1.24. The van der Waals surface area contributed by atoms with Gasteiger partial charge < -0.3 is 4.74 Å². The predicted molar refractivity (Wildman–Crippen MR) is 74.7 cm³/mol. The number of hydrogen-bond acceptors (Lipinski definition) is 4. The van der Waals surface area contributed by atoms with E-state index in [1.807, 2.05) is 0 Å². The zero-order valence-corrected chi connectivity index (χ0v) is 11.7. The summed E-state index contributed by atoms with van der Waals surface area (Å²) in [6.07, 6.45) is 3.05. The van der Waals surface area contributed by atoms with Gasteiger partial charge in [-0.05, 0) is 42.8 Å². The summed E-state index contributed by atoms with van der Waals surface area (Å²) in [5, 5.41) is 10.9. The molecule has 0 aliphatic carbocycles. The molecule has 1 N–H and O–H groups in total. The minimum Gasteiger partial charge on any atom is -0.370 e. The van der Waals surface area contributed by atoms with E-state index in [4.69, 9.17) is 17.0 Å². The molecule has 2 aromatic rings. The molecule has 21 heavy (non-hydrogen) atoms. The fourth-order valence-electron chi connectivity index (χ4n) is 2.12. The van der Waals surface area contributed by atoms with Crippen molar-refractivity contribution in [2.24, 2.45) is 5.10 Å². The highest BCUT2D eigenvalue weighted by molar-refractivity contribution is 7.71. The average Bonchev–Trinajstić information content (AvgIpc) is 3.10. The molecule has 110 valence electrons. The first kappa shape index (κ1) is 14.0. The lowest BCUT2D eigenvalue weighted by Gasteiger charge is -2.07. The molecule has 1 saturated heterocycles. The van der Waals surface area contributed by atoms with Crippen molar-refractivity contribution < 1.29 is 13.5 Å². The first-order valence-electron chi connectivity index (χ1n) is 6.43. The molecule has 0 amide bonds. The van der Waals surface area contributed by atoms with Crippen LogP contribution in [0.15, 0.2) is 23.3 Å². The molecule has 5 nitrogen and oxygen atoms in total. The Balaban J connectivity index is 1.90. The van der Waals surface area contributed by atoms with Gasteiger partial charge in [-0.15, -0.1) is 0 Å². The third-order valence-corrected chi connectivity index (χ3v) is 3.42. The summed E-state index contributed by atoms with van der Waals surface area (Å²) in [5.41, 5.74) is 0.426. The molecule has 0 saturated carbocycles. The summed E-state index contributed by atoms with van der Waals surface area (Å²) >= 11 is 5.11. The van der Waals surface area contributed by atoms with Crippen molar-refractivity contribution in [1.82, 2.24) is 14.9 Å². The topological polar surface area (TPSA) is 55.2 Å². The first-order valence-corrected chi connectivity index (χ1v) is 6.84. The summed E-state index contributed by atoms with van der Waals surface area (Å²) in [7, 11) is 0. The van der Waals surface area contributed by atoms with Crippen LogP contribution in [0.5, 0.6) is 0 Å². The van der Waals surface area contributed by atoms with Crippen LogP contribution in [0.25, 0.3) is 0 Å². The van der Waals surface area contributed by atoms with Gasteiger partial charge in [0.15, 0.2) is 17.5 Å². The lowest BCUT2D eigenvalue weighted by atomic mass is 10.2. The van der Waals surface area contributed by atoms with Crippen LogP contribution in [0.1, 0.15) is 30.3 Å². The Bertz CT molecular complexity index is 734. The maximum Gasteiger partial charge on any atom is 0.216 e. The van der Waals surface area contributed by atoms with Gasteiger partial charge in [-0.1, -0.05) is 6.07 Å². The van der Waals surface area contributed by atoms with Crippen molar-refractivity contribution in [2.75, 3.05) is 6.61 Å². The second-order valence-corrected chi connectivity index (χ2v) is 5.01. The third-order valence-electron chi connectivity index (χ3n) is 3.16. The minimum atomic E-state index is -0.922. The van der Waals surface area contributed by atoms with Crippen LogP contribution in [-0.4, -0.2) is 27.7 Å². The molecule has 1 aliphatic heterocycles. The van der Waals surface area contributed by atoms with Gasteiger partial charge in [-0.3, -0.25) is 5.10 Å². The van der Waals surface area contributed by atoms with E-state index in [2.05, 4.69) is 15.3 Å². The Morgan fingerprint density at radius 2 is 2.29 bits per heavy atom. The number of rotatable bonds is 3. The van der Waals surface area contributed by atoms with Gasteiger partial charge in [-0.2, -0.15) is 14.9 Å². The highest BCUT2D eigenvalue weighted by Crippen LogP contribution is 2.26. The first-order chi connectivity index (χ1) is 10.1. The molecule has 0 radical (unpaired) electrons. The van der Waals surface area contributed by atoms with Crippen molar-refractivity contribution in [2.45, 2.75) is 18.9 Å². The average molecular weight is 310 g/mol. The third kappa shape index (κ3) is 2.91. The molecule has 1 aromatic heterocycles. The van der Waals surface area contributed by atoms with Crippen LogP contribution >= 0.6 is 12.2 Å². The molecule has 2 heterocycles. The minimum absolute atomic E-state index is 0.153. The molecule has 1 atom stereocenters. The van der Waals surface area contributed by atoms with Gasteiger partial charge in [0, 0.05) is 6.61 Å². The van der Waals surface area contributed by atoms with Crippen LogP contribution in [0.4, 0.5) is 8.78 Å². The largest absolute Gasteiger partial charge is 0.370 e. The van der Waals surface area contributed by atoms with Crippen molar-refractivity contribution in [3.8, 4) is 0 Å². The van der Waals surface area contributed by atoms with E-state index in [9.17, 15) is 8.78 Å². The SMILES string of the molecule is Fc1ccc(/C=N\n2c([C@H]3CCCO3)n[nH]c2=S)cc1F. The predicted octanol–water partition coefficient (Wildman–Crippen LogP) is 2.95. The van der Waals surface area contributed by atoms with E-state index in [0.717, 1.165) is 25.0 Å². The zero-order chi connectivity index (χ0) is 14.8. The number of nitrogens with one attached hydrogen (secondary N) is 1. The number of aromatic amines is 1. The maximum atomic E-state index is 13.1. The second kappa shape index (κ2) is 5.82. The number of hydrogen-bond donors (Lipinski definition) is 1. The molecular formula is C13H12F2N4OS. The number of ether oxygens (including phenoxy) is 1. The Labute approximate surface area is 124 Å². The van der Waals surface area contributed by atoms with Gasteiger partial charge >= 0.3 is 0 Å². The van der Waals surface area contributed by atoms with Crippen LogP contribution in [0.2, 0.25) is 0 Å². The summed E-state index contributed by atoms with van der Waals surface area (Å²) in [6.45, 7) is 0.678. The molecule has 3 rings (SSSR count). The van der Waals surface area contributed by atoms with Gasteiger partial charge in [0.25, 0.3) is 0 Å². The number of nitrogens with zero attached hydrogens (tertiary/aromatic N) is 3. The van der Waals surface area contributed by atoms with Gasteiger partial charge in [0.1, 0.15) is 6.10 Å². The molecule has 8 heteroatoms. The fraction of sp³-hybridized carbons (Fsp3) is 0.308. The second-order valence-electron chi connectivity index (χ2n) is 4.62. The molecule has 0 bridgehead atoms. The van der Waals surface area contributed by atoms with Gasteiger partial charge in [-0.25, -0.2) is 8.78 Å². The number of aromatic nitrogens is 3. The number of benzene rings is 1. The monoisotopic (exact) mass is 310 g/mol. The van der Waals surface area contributed by atoms with Crippen molar-refractivity contribution in [3.05, 3.63) is 46.0 Å².